The van der Waals surface area contributed by atoms with Crippen LogP contribution in [0, 0.1) is 0 Å². The molecule has 3 heterocycles. The van der Waals surface area contributed by atoms with Crippen molar-refractivity contribution in [1.29, 1.82) is 0 Å². The first-order valence-electron chi connectivity index (χ1n) is 11.9. The highest BCUT2D eigenvalue weighted by Gasteiger charge is 2.33. The number of nitrogens with one attached hydrogen (secondary N) is 3. The predicted octanol–water partition coefficient (Wildman–Crippen LogP) is 2.36. The first-order valence-corrected chi connectivity index (χ1v) is 11.9. The highest BCUT2D eigenvalue weighted by atomic mass is 16.5. The smallest absolute Gasteiger partial charge is 0.260 e. The van der Waals surface area contributed by atoms with E-state index in [9.17, 15) is 4.79 Å². The molecule has 4 rings (SSSR count). The molecule has 34 heavy (non-hydrogen) atoms. The second-order valence-electron chi connectivity index (χ2n) is 8.52. The molecule has 0 fully saturated rings. The van der Waals surface area contributed by atoms with Gasteiger partial charge in [0.2, 0.25) is 0 Å². The van der Waals surface area contributed by atoms with Gasteiger partial charge in [-0.3, -0.25) is 4.79 Å². The highest BCUT2D eigenvalue weighted by Crippen LogP contribution is 2.40. The quantitative estimate of drug-likeness (QED) is 0.567. The Hall–Kier alpha value is -3.11. The minimum absolute atomic E-state index is 0.0678. The van der Waals surface area contributed by atoms with Crippen molar-refractivity contribution in [3.05, 3.63) is 30.1 Å². The molecule has 2 unspecified atom stereocenters. The van der Waals surface area contributed by atoms with E-state index in [1.165, 1.54) is 0 Å². The van der Waals surface area contributed by atoms with Crippen molar-refractivity contribution >= 4 is 23.2 Å². The average molecular weight is 471 g/mol. The van der Waals surface area contributed by atoms with Crippen molar-refractivity contribution in [1.82, 2.24) is 20.2 Å². The number of aromatic nitrogens is 2. The molecule has 10 heteroatoms. The normalized spacial score (nSPS) is 20.7. The molecule has 0 saturated carbocycles. The molecule has 2 bridgehead atoms. The number of hydrogen-bond donors (Lipinski definition) is 3. The van der Waals surface area contributed by atoms with Crippen LogP contribution in [0.2, 0.25) is 0 Å². The minimum atomic E-state index is -0.0814. The summed E-state index contributed by atoms with van der Waals surface area (Å²) < 4.78 is 17.2. The summed E-state index contributed by atoms with van der Waals surface area (Å²) >= 11 is 0. The van der Waals surface area contributed by atoms with Crippen molar-refractivity contribution in [2.24, 2.45) is 0 Å². The largest absolute Gasteiger partial charge is 0.487 e. The SMILES string of the molecule is CCOCCOc1ccc2cc1OCC(=O)N(C)CCCNCC1c3c(ncnc3NC1C)N2. The standard InChI is InChI=1S/C24H34N6O4/c1-4-32-10-11-33-19-7-6-17-12-20(19)34-14-21(31)30(3)9-5-8-25-13-18-16(2)28-23-22(18)24(29-17)27-15-26-23/h6-7,12,15-16,18,25H,4-5,8-11,13-14H2,1-3H3,(H2,26,27,28,29). The Labute approximate surface area is 200 Å². The van der Waals surface area contributed by atoms with Crippen LogP contribution in [0.3, 0.4) is 0 Å². The molecule has 2 aromatic rings. The summed E-state index contributed by atoms with van der Waals surface area (Å²) in [4.78, 5) is 23.3. The zero-order chi connectivity index (χ0) is 23.9. The maximum absolute atomic E-state index is 12.6. The van der Waals surface area contributed by atoms with Gasteiger partial charge in [0.05, 0.1) is 6.61 Å². The van der Waals surface area contributed by atoms with Crippen LogP contribution in [0.15, 0.2) is 24.5 Å². The lowest BCUT2D eigenvalue weighted by atomic mass is 9.97. The van der Waals surface area contributed by atoms with Crippen LogP contribution in [0.25, 0.3) is 0 Å². The van der Waals surface area contributed by atoms with Crippen LogP contribution < -0.4 is 25.4 Å². The third-order valence-corrected chi connectivity index (χ3v) is 6.11. The molecular weight excluding hydrogens is 436 g/mol. The number of anilines is 3. The van der Waals surface area contributed by atoms with Gasteiger partial charge >= 0.3 is 0 Å². The van der Waals surface area contributed by atoms with Crippen molar-refractivity contribution < 1.29 is 19.0 Å². The number of rotatable bonds is 5. The van der Waals surface area contributed by atoms with Crippen LogP contribution in [0.5, 0.6) is 11.5 Å². The Balaban J connectivity index is 1.63. The zero-order valence-electron chi connectivity index (χ0n) is 20.1. The molecule has 2 aliphatic rings. The summed E-state index contributed by atoms with van der Waals surface area (Å²) in [7, 11) is 1.80. The lowest BCUT2D eigenvalue weighted by Crippen LogP contribution is -2.34. The Morgan fingerprint density at radius 3 is 2.94 bits per heavy atom. The fourth-order valence-electron chi connectivity index (χ4n) is 4.19. The molecule has 2 aliphatic heterocycles. The molecule has 0 saturated heterocycles. The predicted molar refractivity (Wildman–Crippen MR) is 130 cm³/mol. The van der Waals surface area contributed by atoms with Crippen molar-refractivity contribution in [2.75, 3.05) is 63.7 Å². The second-order valence-corrected chi connectivity index (χ2v) is 8.52. The van der Waals surface area contributed by atoms with Gasteiger partial charge in [0.15, 0.2) is 18.1 Å². The van der Waals surface area contributed by atoms with Crippen LogP contribution in [-0.2, 0) is 9.53 Å². The van der Waals surface area contributed by atoms with Gasteiger partial charge in [-0.05, 0) is 38.9 Å². The van der Waals surface area contributed by atoms with Gasteiger partial charge < -0.3 is 35.1 Å². The van der Waals surface area contributed by atoms with E-state index >= 15 is 0 Å². The topological polar surface area (TPSA) is 110 Å². The molecule has 2 atom stereocenters. The number of likely N-dealkylation sites (N-methyl/N-ethyl adjacent to an activating group) is 1. The fourth-order valence-corrected chi connectivity index (χ4v) is 4.19. The Morgan fingerprint density at radius 1 is 1.24 bits per heavy atom. The molecule has 1 amide bonds. The first kappa shape index (κ1) is 24.0. The van der Waals surface area contributed by atoms with Gasteiger partial charge in [0.1, 0.15) is 24.6 Å². The Morgan fingerprint density at radius 2 is 2.09 bits per heavy atom. The van der Waals surface area contributed by atoms with Gasteiger partial charge in [-0.2, -0.15) is 0 Å². The number of benzene rings is 1. The number of fused-ring (bicyclic) bond motifs is 2. The molecule has 0 radical (unpaired) electrons. The third-order valence-electron chi connectivity index (χ3n) is 6.11. The van der Waals surface area contributed by atoms with Crippen molar-refractivity contribution in [3.8, 4) is 11.5 Å². The van der Waals surface area contributed by atoms with E-state index in [1.54, 1.807) is 18.3 Å². The summed E-state index contributed by atoms with van der Waals surface area (Å²) in [5.41, 5.74) is 1.86. The molecule has 0 aliphatic carbocycles. The lowest BCUT2D eigenvalue weighted by molar-refractivity contribution is -0.132. The van der Waals surface area contributed by atoms with E-state index in [2.05, 4.69) is 32.8 Å². The molecular formula is C24H34N6O4. The van der Waals surface area contributed by atoms with Crippen LogP contribution in [0.4, 0.5) is 17.3 Å². The monoisotopic (exact) mass is 470 g/mol. The van der Waals surface area contributed by atoms with Gasteiger partial charge in [-0.1, -0.05) is 0 Å². The summed E-state index contributed by atoms with van der Waals surface area (Å²) in [6.07, 6.45) is 2.41. The molecule has 1 aromatic carbocycles. The number of carbonyl (C=O) groups is 1. The zero-order valence-corrected chi connectivity index (χ0v) is 20.1. The third kappa shape index (κ3) is 5.68. The number of ether oxygens (including phenoxy) is 3. The first-order chi connectivity index (χ1) is 16.6. The number of amides is 1. The van der Waals surface area contributed by atoms with E-state index in [4.69, 9.17) is 14.2 Å². The maximum Gasteiger partial charge on any atom is 0.260 e. The van der Waals surface area contributed by atoms with Gasteiger partial charge in [-0.15, -0.1) is 0 Å². The Kier molecular flexibility index (Phi) is 8.02. The van der Waals surface area contributed by atoms with E-state index < -0.39 is 0 Å². The van der Waals surface area contributed by atoms with Crippen LogP contribution >= 0.6 is 0 Å². The van der Waals surface area contributed by atoms with Crippen molar-refractivity contribution in [2.45, 2.75) is 32.2 Å². The van der Waals surface area contributed by atoms with E-state index in [0.717, 1.165) is 42.4 Å². The fraction of sp³-hybridized carbons (Fsp3) is 0.542. The average Bonchev–Trinajstić information content (AvgIpc) is 3.16. The summed E-state index contributed by atoms with van der Waals surface area (Å²) in [6.45, 7) is 7.78. The van der Waals surface area contributed by atoms with Gasteiger partial charge in [-0.25, -0.2) is 9.97 Å². The number of hydrogen-bond acceptors (Lipinski definition) is 9. The number of nitrogens with zero attached hydrogens (tertiary/aromatic N) is 3. The van der Waals surface area contributed by atoms with Crippen molar-refractivity contribution in [3.63, 3.8) is 0 Å². The van der Waals surface area contributed by atoms with E-state index in [-0.39, 0.29) is 24.5 Å². The maximum atomic E-state index is 12.6. The highest BCUT2D eigenvalue weighted by molar-refractivity contribution is 5.77. The van der Waals surface area contributed by atoms with Gasteiger partial charge in [0, 0.05) is 56.0 Å². The molecule has 1 aromatic heterocycles. The summed E-state index contributed by atoms with van der Waals surface area (Å²) in [5, 5.41) is 10.4. The summed E-state index contributed by atoms with van der Waals surface area (Å²) in [6, 6.07) is 5.81. The molecule has 3 N–H and O–H groups in total. The molecule has 0 spiro atoms. The van der Waals surface area contributed by atoms with Crippen LogP contribution in [0.1, 0.15) is 31.7 Å². The van der Waals surface area contributed by atoms with E-state index in [0.29, 0.717) is 37.9 Å². The minimum Gasteiger partial charge on any atom is -0.487 e. The second kappa shape index (κ2) is 11.3. The molecule has 10 nitrogen and oxygen atoms in total. The van der Waals surface area contributed by atoms with E-state index in [1.807, 2.05) is 25.1 Å². The van der Waals surface area contributed by atoms with Crippen LogP contribution in [-0.4, -0.2) is 79.9 Å². The summed E-state index contributed by atoms with van der Waals surface area (Å²) in [5.74, 6) is 2.80. The Bertz CT molecular complexity index is 988. The lowest BCUT2D eigenvalue weighted by Gasteiger charge is -2.22. The van der Waals surface area contributed by atoms with Gasteiger partial charge in [0.25, 0.3) is 5.91 Å². The number of carbonyl (C=O) groups excluding carboxylic acids is 1. The molecule has 184 valence electrons.